The second-order valence-electron chi connectivity index (χ2n) is 9.13. The monoisotopic (exact) mass is 472 g/mol. The summed E-state index contributed by atoms with van der Waals surface area (Å²) in [6.07, 6.45) is 4.83. The largest absolute Gasteiger partial charge is 0.367 e. The van der Waals surface area contributed by atoms with Gasteiger partial charge in [-0.05, 0) is 55.5 Å². The Morgan fingerprint density at radius 1 is 1.26 bits per heavy atom. The van der Waals surface area contributed by atoms with Crippen LogP contribution in [0.3, 0.4) is 0 Å². The lowest BCUT2D eigenvalue weighted by atomic mass is 10.1. The number of rotatable bonds is 7. The fraction of sp³-hybridized carbons (Fsp3) is 0.308. The van der Waals surface area contributed by atoms with Crippen LogP contribution in [0.15, 0.2) is 42.6 Å². The molecule has 5 rings (SSSR count). The fourth-order valence-electron chi connectivity index (χ4n) is 3.96. The van der Waals surface area contributed by atoms with Gasteiger partial charge in [-0.15, -0.1) is 0 Å². The van der Waals surface area contributed by atoms with Crippen LogP contribution in [0, 0.1) is 17.2 Å². The Labute approximate surface area is 202 Å². The molecule has 1 saturated carbocycles. The zero-order valence-electron chi connectivity index (χ0n) is 19.1. The molecular weight excluding hydrogens is 448 g/mol. The molecule has 172 valence electrons. The van der Waals surface area contributed by atoms with Crippen LogP contribution < -0.4 is 10.6 Å². The molecule has 0 spiro atoms. The highest BCUT2D eigenvalue weighted by molar-refractivity contribution is 6.34. The van der Waals surface area contributed by atoms with E-state index in [4.69, 9.17) is 16.6 Å². The summed E-state index contributed by atoms with van der Waals surface area (Å²) < 4.78 is 2.02. The zero-order valence-corrected chi connectivity index (χ0v) is 19.9. The number of imidazole rings is 1. The third-order valence-corrected chi connectivity index (χ3v) is 6.30. The van der Waals surface area contributed by atoms with E-state index in [1.165, 1.54) is 0 Å². The highest BCUT2D eigenvalue weighted by Gasteiger charge is 2.25. The number of nitrogens with one attached hydrogen (secondary N) is 2. The molecule has 2 heterocycles. The predicted molar refractivity (Wildman–Crippen MR) is 134 cm³/mol. The number of nitriles is 1. The lowest BCUT2D eigenvalue weighted by Crippen LogP contribution is -2.25. The zero-order chi connectivity index (χ0) is 23.8. The van der Waals surface area contributed by atoms with Crippen molar-refractivity contribution in [2.75, 3.05) is 11.9 Å². The Hall–Kier alpha value is -3.63. The van der Waals surface area contributed by atoms with E-state index in [9.17, 15) is 10.1 Å². The van der Waals surface area contributed by atoms with E-state index in [1.807, 2.05) is 16.5 Å². The van der Waals surface area contributed by atoms with Crippen LogP contribution in [0.25, 0.3) is 27.9 Å². The van der Waals surface area contributed by atoms with E-state index in [0.29, 0.717) is 39.0 Å². The summed E-state index contributed by atoms with van der Waals surface area (Å²) in [6, 6.07) is 13.3. The topological polar surface area (TPSA) is 95.1 Å². The van der Waals surface area contributed by atoms with E-state index in [1.54, 1.807) is 30.5 Å². The number of fused-ring (bicyclic) bond motifs is 3. The van der Waals surface area contributed by atoms with Crippen molar-refractivity contribution in [1.29, 1.82) is 5.26 Å². The normalized spacial score (nSPS) is 13.4. The molecule has 0 bridgehead atoms. The molecule has 2 N–H and O–H groups in total. The molecule has 0 radical (unpaired) electrons. The Bertz CT molecular complexity index is 1450. The van der Waals surface area contributed by atoms with Crippen LogP contribution >= 0.6 is 11.6 Å². The molecule has 2 aromatic heterocycles. The molecule has 34 heavy (non-hydrogen) atoms. The van der Waals surface area contributed by atoms with Crippen LogP contribution in [-0.4, -0.2) is 32.9 Å². The summed E-state index contributed by atoms with van der Waals surface area (Å²) in [6.45, 7) is 5.12. The fourth-order valence-corrected chi connectivity index (χ4v) is 4.22. The summed E-state index contributed by atoms with van der Waals surface area (Å²) in [5.41, 5.74) is 4.91. The van der Waals surface area contributed by atoms with E-state index >= 15 is 0 Å². The second kappa shape index (κ2) is 8.96. The third kappa shape index (κ3) is 4.29. The Kier molecular flexibility index (Phi) is 5.84. The number of carbonyl (C=O) groups is 1. The van der Waals surface area contributed by atoms with Crippen molar-refractivity contribution in [1.82, 2.24) is 19.7 Å². The van der Waals surface area contributed by atoms with Crippen LogP contribution in [0.5, 0.6) is 0 Å². The lowest BCUT2D eigenvalue weighted by Gasteiger charge is -2.13. The Balaban J connectivity index is 1.61. The minimum atomic E-state index is -0.146. The first kappa shape index (κ1) is 22.2. The first-order chi connectivity index (χ1) is 16.4. The van der Waals surface area contributed by atoms with E-state index in [-0.39, 0.29) is 11.9 Å². The van der Waals surface area contributed by atoms with Crippen LogP contribution in [-0.2, 0) is 0 Å². The van der Waals surface area contributed by atoms with Gasteiger partial charge >= 0.3 is 0 Å². The number of nitrogens with zero attached hydrogens (tertiary/aromatic N) is 4. The van der Waals surface area contributed by atoms with Gasteiger partial charge in [0.25, 0.3) is 5.91 Å². The highest BCUT2D eigenvalue weighted by Crippen LogP contribution is 2.31. The molecule has 1 aliphatic rings. The number of benzene rings is 2. The number of amides is 1. The first-order valence-corrected chi connectivity index (χ1v) is 11.9. The van der Waals surface area contributed by atoms with Crippen molar-refractivity contribution in [3.8, 4) is 17.3 Å². The maximum atomic E-state index is 12.5. The summed E-state index contributed by atoms with van der Waals surface area (Å²) in [5.74, 6) is 1.08. The summed E-state index contributed by atoms with van der Waals surface area (Å²) in [7, 11) is 0. The van der Waals surface area contributed by atoms with Crippen LogP contribution in [0.1, 0.15) is 49.0 Å². The van der Waals surface area contributed by atoms with Gasteiger partial charge < -0.3 is 10.6 Å². The summed E-state index contributed by atoms with van der Waals surface area (Å²) >= 11 is 6.53. The predicted octanol–water partition coefficient (Wildman–Crippen LogP) is 5.42. The van der Waals surface area contributed by atoms with Gasteiger partial charge in [-0.2, -0.15) is 5.26 Å². The molecule has 7 nitrogen and oxygen atoms in total. The molecule has 0 unspecified atom stereocenters. The van der Waals surface area contributed by atoms with E-state index in [2.05, 4.69) is 35.5 Å². The number of hydrogen-bond acceptors (Lipinski definition) is 5. The van der Waals surface area contributed by atoms with Gasteiger partial charge in [-0.1, -0.05) is 31.5 Å². The molecule has 0 atom stereocenters. The average molecular weight is 473 g/mol. The maximum absolute atomic E-state index is 12.5. The lowest BCUT2D eigenvalue weighted by molar-refractivity contribution is 0.0951. The van der Waals surface area contributed by atoms with Gasteiger partial charge in [0.1, 0.15) is 0 Å². The molecule has 4 aromatic rings. The summed E-state index contributed by atoms with van der Waals surface area (Å²) in [4.78, 5) is 21.9. The van der Waals surface area contributed by atoms with Crippen molar-refractivity contribution < 1.29 is 4.79 Å². The van der Waals surface area contributed by atoms with Gasteiger partial charge in [0.15, 0.2) is 11.5 Å². The van der Waals surface area contributed by atoms with Gasteiger partial charge in [0, 0.05) is 18.2 Å². The van der Waals surface area contributed by atoms with Crippen molar-refractivity contribution >= 4 is 40.0 Å². The van der Waals surface area contributed by atoms with E-state index in [0.717, 1.165) is 42.6 Å². The molecule has 0 saturated heterocycles. The van der Waals surface area contributed by atoms with Crippen LogP contribution in [0.2, 0.25) is 5.02 Å². The first-order valence-electron chi connectivity index (χ1n) is 11.5. The molecule has 8 heteroatoms. The molecule has 1 amide bonds. The third-order valence-electron chi connectivity index (χ3n) is 5.99. The molecule has 1 fully saturated rings. The molecule has 0 aliphatic heterocycles. The number of halogens is 1. The highest BCUT2D eigenvalue weighted by atomic mass is 35.5. The Morgan fingerprint density at radius 3 is 2.79 bits per heavy atom. The number of aromatic nitrogens is 3. The minimum absolute atomic E-state index is 0.146. The van der Waals surface area contributed by atoms with Crippen molar-refractivity contribution in [2.45, 2.75) is 39.2 Å². The minimum Gasteiger partial charge on any atom is -0.367 e. The average Bonchev–Trinajstić information content (AvgIpc) is 3.51. The smallest absolute Gasteiger partial charge is 0.253 e. The Morgan fingerprint density at radius 2 is 2.09 bits per heavy atom. The van der Waals surface area contributed by atoms with Gasteiger partial charge in [0.05, 0.1) is 45.1 Å². The molecule has 1 aliphatic carbocycles. The van der Waals surface area contributed by atoms with Crippen molar-refractivity contribution in [2.24, 2.45) is 5.92 Å². The maximum Gasteiger partial charge on any atom is 0.253 e. The van der Waals surface area contributed by atoms with Crippen molar-refractivity contribution in [3.05, 3.63) is 58.7 Å². The van der Waals surface area contributed by atoms with E-state index < -0.39 is 0 Å². The quantitative estimate of drug-likeness (QED) is 0.374. The number of carbonyl (C=O) groups excluding carboxylic acids is 1. The SMILES string of the molecule is CC(C)CCNc1nc2cc(C#N)ccc2n2c(-c3ccc(C(=O)NC4CC4)c(Cl)c3)cnc12. The standard InChI is InChI=1S/C26H25ClN6O/c1-15(2)9-10-29-24-25-30-14-23(33(25)22-8-3-16(13-28)11-21(22)32-24)17-4-7-19(20(27)12-17)26(34)31-18-5-6-18/h3-4,7-8,11-12,14-15,18H,5-6,9-10H2,1-2H3,(H,29,32)(H,31,34). The molecule has 2 aromatic carbocycles. The van der Waals surface area contributed by atoms with Gasteiger partial charge in [0.2, 0.25) is 0 Å². The van der Waals surface area contributed by atoms with Crippen molar-refractivity contribution in [3.63, 3.8) is 0 Å². The van der Waals surface area contributed by atoms with Gasteiger partial charge in [-0.25, -0.2) is 9.97 Å². The molecular formula is C26H25ClN6O. The second-order valence-corrected chi connectivity index (χ2v) is 9.54. The number of hydrogen-bond donors (Lipinski definition) is 2. The number of anilines is 1. The van der Waals surface area contributed by atoms with Gasteiger partial charge in [-0.3, -0.25) is 9.20 Å². The van der Waals surface area contributed by atoms with Crippen LogP contribution in [0.4, 0.5) is 5.82 Å². The summed E-state index contributed by atoms with van der Waals surface area (Å²) in [5, 5.41) is 16.2.